The predicted molar refractivity (Wildman–Crippen MR) is 74.5 cm³/mol. The Hall–Kier alpha value is -2.03. The van der Waals surface area contributed by atoms with Crippen molar-refractivity contribution in [3.05, 3.63) is 55.1 Å². The molecule has 1 aromatic carbocycles. The number of anilines is 1. The zero-order valence-corrected chi connectivity index (χ0v) is 10.4. The third-order valence-electron chi connectivity index (χ3n) is 3.08. The highest BCUT2D eigenvalue weighted by Gasteiger charge is 2.28. The first kappa shape index (κ1) is 12.4. The van der Waals surface area contributed by atoms with Crippen LogP contribution in [0.4, 0.5) is 5.69 Å². The Balaban J connectivity index is 2.07. The molecule has 1 aliphatic rings. The molecule has 3 heteroatoms. The van der Waals surface area contributed by atoms with Crippen molar-refractivity contribution in [3.63, 3.8) is 0 Å². The summed E-state index contributed by atoms with van der Waals surface area (Å²) in [6.07, 6.45) is 4.23. The van der Waals surface area contributed by atoms with Gasteiger partial charge >= 0.3 is 0 Å². The Labute approximate surface area is 108 Å². The second-order valence-electron chi connectivity index (χ2n) is 4.38. The summed E-state index contributed by atoms with van der Waals surface area (Å²) in [4.78, 5) is 14.1. The van der Waals surface area contributed by atoms with Gasteiger partial charge in [-0.15, -0.1) is 13.2 Å². The summed E-state index contributed by atoms with van der Waals surface area (Å²) in [7, 11) is 0. The van der Waals surface area contributed by atoms with Gasteiger partial charge in [0.05, 0.1) is 0 Å². The number of carbonyl (C=O) groups is 1. The maximum Gasteiger partial charge on any atom is 0.245 e. The lowest BCUT2D eigenvalue weighted by molar-refractivity contribution is -0.130. The predicted octanol–water partition coefficient (Wildman–Crippen LogP) is 2.22. The van der Waals surface area contributed by atoms with Crippen molar-refractivity contribution in [2.45, 2.75) is 12.5 Å². The lowest BCUT2D eigenvalue weighted by Gasteiger charge is -2.23. The highest BCUT2D eigenvalue weighted by molar-refractivity contribution is 5.87. The first-order valence-electron chi connectivity index (χ1n) is 6.11. The second kappa shape index (κ2) is 5.54. The molecule has 0 aliphatic carbocycles. The van der Waals surface area contributed by atoms with E-state index in [1.807, 2.05) is 18.2 Å². The average Bonchev–Trinajstić information content (AvgIpc) is 2.81. The number of benzene rings is 1. The van der Waals surface area contributed by atoms with Crippen molar-refractivity contribution >= 4 is 11.6 Å². The van der Waals surface area contributed by atoms with Gasteiger partial charge in [-0.05, 0) is 11.6 Å². The fourth-order valence-electron chi connectivity index (χ4n) is 2.23. The van der Waals surface area contributed by atoms with Crippen LogP contribution >= 0.6 is 0 Å². The summed E-state index contributed by atoms with van der Waals surface area (Å²) >= 11 is 0. The summed E-state index contributed by atoms with van der Waals surface area (Å²) in [5, 5.41) is 3.27. The van der Waals surface area contributed by atoms with Crippen LogP contribution in [0.2, 0.25) is 0 Å². The van der Waals surface area contributed by atoms with Crippen LogP contribution in [0.1, 0.15) is 5.56 Å². The van der Waals surface area contributed by atoms with E-state index in [0.717, 1.165) is 12.1 Å². The molecule has 1 atom stereocenters. The number of carbonyl (C=O) groups excluding carboxylic acids is 1. The molecular weight excluding hydrogens is 224 g/mol. The minimum Gasteiger partial charge on any atom is -0.373 e. The van der Waals surface area contributed by atoms with Crippen LogP contribution in [0, 0.1) is 0 Å². The number of amides is 1. The molecule has 1 aliphatic heterocycles. The fourth-order valence-corrected chi connectivity index (χ4v) is 2.23. The fraction of sp³-hybridized carbons (Fsp3) is 0.267. The highest BCUT2D eigenvalue weighted by atomic mass is 16.2. The molecule has 18 heavy (non-hydrogen) atoms. The van der Waals surface area contributed by atoms with Crippen molar-refractivity contribution in [1.82, 2.24) is 4.90 Å². The third-order valence-corrected chi connectivity index (χ3v) is 3.08. The van der Waals surface area contributed by atoms with Gasteiger partial charge in [0.1, 0.15) is 6.04 Å². The van der Waals surface area contributed by atoms with Gasteiger partial charge in [0.25, 0.3) is 0 Å². The first-order valence-corrected chi connectivity index (χ1v) is 6.11. The molecule has 1 N–H and O–H groups in total. The van der Waals surface area contributed by atoms with E-state index in [4.69, 9.17) is 0 Å². The summed E-state index contributed by atoms with van der Waals surface area (Å²) in [5.41, 5.74) is 2.26. The van der Waals surface area contributed by atoms with Crippen LogP contribution in [0.3, 0.4) is 0 Å². The van der Waals surface area contributed by atoms with Crippen molar-refractivity contribution in [1.29, 1.82) is 0 Å². The lowest BCUT2D eigenvalue weighted by atomic mass is 10.1. The molecule has 0 radical (unpaired) electrons. The molecule has 1 heterocycles. The monoisotopic (exact) mass is 242 g/mol. The van der Waals surface area contributed by atoms with Crippen molar-refractivity contribution in [2.75, 3.05) is 18.4 Å². The summed E-state index contributed by atoms with van der Waals surface area (Å²) in [5.74, 6) is 0.103. The molecule has 0 fully saturated rings. The molecule has 3 nitrogen and oxygen atoms in total. The average molecular weight is 242 g/mol. The molecule has 1 amide bonds. The molecule has 0 spiro atoms. The molecular formula is C15H18N2O. The van der Waals surface area contributed by atoms with Crippen LogP contribution in [0.15, 0.2) is 49.6 Å². The van der Waals surface area contributed by atoms with Crippen LogP contribution in [-0.4, -0.2) is 29.9 Å². The van der Waals surface area contributed by atoms with E-state index in [1.165, 1.54) is 5.56 Å². The molecule has 1 aromatic rings. The number of para-hydroxylation sites is 1. The Morgan fingerprint density at radius 3 is 2.61 bits per heavy atom. The number of fused-ring (bicyclic) bond motifs is 1. The van der Waals surface area contributed by atoms with Gasteiger partial charge in [-0.1, -0.05) is 30.4 Å². The Morgan fingerprint density at radius 2 is 2.00 bits per heavy atom. The lowest BCUT2D eigenvalue weighted by Crippen LogP contribution is -2.42. The zero-order valence-electron chi connectivity index (χ0n) is 10.4. The molecule has 0 saturated carbocycles. The van der Waals surface area contributed by atoms with Gasteiger partial charge in [-0.2, -0.15) is 0 Å². The number of rotatable bonds is 5. The third kappa shape index (κ3) is 2.45. The van der Waals surface area contributed by atoms with Gasteiger partial charge in [0.2, 0.25) is 5.91 Å². The van der Waals surface area contributed by atoms with Crippen molar-refractivity contribution in [3.8, 4) is 0 Å². The van der Waals surface area contributed by atoms with Crippen molar-refractivity contribution in [2.24, 2.45) is 0 Å². The number of hydrogen-bond donors (Lipinski definition) is 1. The van der Waals surface area contributed by atoms with Crippen LogP contribution in [0.5, 0.6) is 0 Å². The van der Waals surface area contributed by atoms with E-state index >= 15 is 0 Å². The highest BCUT2D eigenvalue weighted by Crippen LogP contribution is 2.25. The molecule has 0 bridgehead atoms. The first-order chi connectivity index (χ1) is 8.76. The Kier molecular flexibility index (Phi) is 3.82. The van der Waals surface area contributed by atoms with E-state index in [2.05, 4.69) is 24.5 Å². The summed E-state index contributed by atoms with van der Waals surface area (Å²) in [6.45, 7) is 8.48. The van der Waals surface area contributed by atoms with Gasteiger partial charge in [-0.3, -0.25) is 4.79 Å². The molecule has 0 saturated heterocycles. The van der Waals surface area contributed by atoms with E-state index in [9.17, 15) is 4.79 Å². The van der Waals surface area contributed by atoms with Gasteiger partial charge < -0.3 is 10.2 Å². The number of nitrogens with zero attached hydrogens (tertiary/aromatic N) is 1. The zero-order chi connectivity index (χ0) is 13.0. The minimum atomic E-state index is -0.165. The van der Waals surface area contributed by atoms with Crippen LogP contribution < -0.4 is 5.32 Å². The van der Waals surface area contributed by atoms with Crippen molar-refractivity contribution < 1.29 is 4.79 Å². The molecule has 94 valence electrons. The maximum atomic E-state index is 12.4. The smallest absolute Gasteiger partial charge is 0.245 e. The standard InChI is InChI=1S/C15H18N2O/c1-3-9-17(10-4-2)15(18)14-11-12-7-5-6-8-13(12)16-14/h3-8,14,16H,1-2,9-11H2/t14-/m0/s1. The van der Waals surface area contributed by atoms with Crippen LogP contribution in [0.25, 0.3) is 0 Å². The van der Waals surface area contributed by atoms with E-state index in [0.29, 0.717) is 13.1 Å². The molecule has 0 unspecified atom stereocenters. The Morgan fingerprint density at radius 1 is 1.33 bits per heavy atom. The van der Waals surface area contributed by atoms with Crippen LogP contribution in [-0.2, 0) is 11.2 Å². The van der Waals surface area contributed by atoms with Gasteiger partial charge in [0, 0.05) is 25.2 Å². The summed E-state index contributed by atoms with van der Waals surface area (Å²) in [6, 6.07) is 7.87. The summed E-state index contributed by atoms with van der Waals surface area (Å²) < 4.78 is 0. The van der Waals surface area contributed by atoms with Gasteiger partial charge in [0.15, 0.2) is 0 Å². The topological polar surface area (TPSA) is 32.3 Å². The maximum absolute atomic E-state index is 12.4. The van der Waals surface area contributed by atoms with E-state index in [-0.39, 0.29) is 11.9 Å². The number of nitrogens with one attached hydrogen (secondary N) is 1. The van der Waals surface area contributed by atoms with E-state index < -0.39 is 0 Å². The molecule has 0 aromatic heterocycles. The normalized spacial score (nSPS) is 16.6. The molecule has 2 rings (SSSR count). The minimum absolute atomic E-state index is 0.103. The van der Waals surface area contributed by atoms with Gasteiger partial charge in [-0.25, -0.2) is 0 Å². The SMILES string of the molecule is C=CCN(CC=C)C(=O)[C@@H]1Cc2ccccc2N1. The largest absolute Gasteiger partial charge is 0.373 e. The second-order valence-corrected chi connectivity index (χ2v) is 4.38. The van der Waals surface area contributed by atoms with E-state index in [1.54, 1.807) is 17.1 Å². The quantitative estimate of drug-likeness (QED) is 0.803. The number of hydrogen-bond acceptors (Lipinski definition) is 2. The Bertz CT molecular complexity index is 432.